The summed E-state index contributed by atoms with van der Waals surface area (Å²) in [6.07, 6.45) is 1.17. The fraction of sp³-hybridized carbons (Fsp3) is 0. The van der Waals surface area contributed by atoms with E-state index in [9.17, 15) is 15.2 Å². The van der Waals surface area contributed by atoms with Crippen molar-refractivity contribution in [3.8, 4) is 17.2 Å². The van der Waals surface area contributed by atoms with E-state index in [1.54, 1.807) is 36.4 Å². The van der Waals surface area contributed by atoms with E-state index >= 15 is 0 Å². The number of rotatable bonds is 3. The van der Waals surface area contributed by atoms with Crippen LogP contribution in [0.1, 0.15) is 0 Å². The summed E-state index contributed by atoms with van der Waals surface area (Å²) in [5.41, 5.74) is 0.371. The minimum Gasteiger partial charge on any atom is -0.508 e. The second kappa shape index (κ2) is 5.09. The standard InChI is InChI=1S/C15H10N2O4/c18-10-4-3-5-11(8-10)21-15-12-6-1-2-7-13(12)16-9-14(15)17(19)20/h1-9,18H. The SMILES string of the molecule is O=[N+]([O-])c1cnc2ccccc2c1Oc1cccc(O)c1. The van der Waals surface area contributed by atoms with E-state index in [1.807, 2.05) is 0 Å². The summed E-state index contributed by atoms with van der Waals surface area (Å²) in [6, 6.07) is 13.1. The zero-order chi connectivity index (χ0) is 14.8. The van der Waals surface area contributed by atoms with Crippen molar-refractivity contribution in [1.82, 2.24) is 4.98 Å². The summed E-state index contributed by atoms with van der Waals surface area (Å²) in [5, 5.41) is 21.2. The first kappa shape index (κ1) is 12.9. The second-order valence-corrected chi connectivity index (χ2v) is 4.35. The van der Waals surface area contributed by atoms with Gasteiger partial charge in [-0.2, -0.15) is 0 Å². The van der Waals surface area contributed by atoms with Crippen molar-refractivity contribution in [3.05, 3.63) is 64.8 Å². The van der Waals surface area contributed by atoms with Crippen LogP contribution in [0.3, 0.4) is 0 Å². The van der Waals surface area contributed by atoms with Crippen LogP contribution < -0.4 is 4.74 Å². The molecule has 0 aliphatic rings. The molecule has 0 saturated carbocycles. The normalized spacial score (nSPS) is 10.5. The number of aromatic hydroxyl groups is 1. The van der Waals surface area contributed by atoms with E-state index in [0.29, 0.717) is 16.7 Å². The molecule has 0 atom stereocenters. The quantitative estimate of drug-likeness (QED) is 0.585. The van der Waals surface area contributed by atoms with Crippen molar-refractivity contribution in [2.45, 2.75) is 0 Å². The maximum atomic E-state index is 11.2. The highest BCUT2D eigenvalue weighted by Crippen LogP contribution is 2.37. The number of para-hydroxylation sites is 1. The molecule has 0 saturated heterocycles. The number of hydrogen-bond acceptors (Lipinski definition) is 5. The predicted octanol–water partition coefficient (Wildman–Crippen LogP) is 3.64. The number of phenols is 1. The molecule has 1 heterocycles. The number of pyridine rings is 1. The highest BCUT2D eigenvalue weighted by Gasteiger charge is 2.20. The summed E-state index contributed by atoms with van der Waals surface area (Å²) in [4.78, 5) is 14.7. The average Bonchev–Trinajstić information content (AvgIpc) is 2.47. The lowest BCUT2D eigenvalue weighted by molar-refractivity contribution is -0.385. The zero-order valence-electron chi connectivity index (χ0n) is 10.8. The number of fused-ring (bicyclic) bond motifs is 1. The Morgan fingerprint density at radius 3 is 2.71 bits per heavy atom. The molecule has 1 aromatic heterocycles. The van der Waals surface area contributed by atoms with Crippen molar-refractivity contribution in [1.29, 1.82) is 0 Å². The van der Waals surface area contributed by atoms with Crippen LogP contribution in [0.5, 0.6) is 17.2 Å². The van der Waals surface area contributed by atoms with E-state index in [2.05, 4.69) is 4.98 Å². The van der Waals surface area contributed by atoms with E-state index in [-0.39, 0.29) is 17.2 Å². The van der Waals surface area contributed by atoms with Crippen LogP contribution in [0.2, 0.25) is 0 Å². The first-order chi connectivity index (χ1) is 10.1. The van der Waals surface area contributed by atoms with Gasteiger partial charge in [0.1, 0.15) is 17.7 Å². The molecule has 6 heteroatoms. The Morgan fingerprint density at radius 2 is 1.95 bits per heavy atom. The molecule has 0 radical (unpaired) electrons. The fourth-order valence-electron chi connectivity index (χ4n) is 2.01. The Morgan fingerprint density at radius 1 is 1.14 bits per heavy atom. The van der Waals surface area contributed by atoms with Crippen LogP contribution in [0.25, 0.3) is 10.9 Å². The molecule has 3 rings (SSSR count). The topological polar surface area (TPSA) is 85.5 Å². The molecule has 3 aromatic rings. The Kier molecular flexibility index (Phi) is 3.12. The van der Waals surface area contributed by atoms with Crippen LogP contribution in [-0.4, -0.2) is 15.0 Å². The van der Waals surface area contributed by atoms with E-state index < -0.39 is 4.92 Å². The van der Waals surface area contributed by atoms with Crippen LogP contribution in [0.4, 0.5) is 5.69 Å². The highest BCUT2D eigenvalue weighted by atomic mass is 16.6. The van der Waals surface area contributed by atoms with Gasteiger partial charge in [0.2, 0.25) is 5.75 Å². The average molecular weight is 282 g/mol. The van der Waals surface area contributed by atoms with Gasteiger partial charge >= 0.3 is 5.69 Å². The smallest absolute Gasteiger partial charge is 0.330 e. The van der Waals surface area contributed by atoms with Gasteiger partial charge in [0.25, 0.3) is 0 Å². The van der Waals surface area contributed by atoms with Gasteiger partial charge in [0.15, 0.2) is 0 Å². The second-order valence-electron chi connectivity index (χ2n) is 4.35. The maximum Gasteiger partial charge on any atom is 0.330 e. The maximum absolute atomic E-state index is 11.2. The number of hydrogen-bond donors (Lipinski definition) is 1. The van der Waals surface area contributed by atoms with Crippen molar-refractivity contribution < 1.29 is 14.8 Å². The largest absolute Gasteiger partial charge is 0.508 e. The molecule has 0 spiro atoms. The third-order valence-corrected chi connectivity index (χ3v) is 2.94. The molecule has 0 amide bonds. The summed E-state index contributed by atoms with van der Waals surface area (Å²) in [5.74, 6) is 0.444. The van der Waals surface area contributed by atoms with Gasteiger partial charge in [0, 0.05) is 6.07 Å². The van der Waals surface area contributed by atoms with Crippen molar-refractivity contribution >= 4 is 16.6 Å². The molecule has 6 nitrogen and oxygen atoms in total. The molecular formula is C15H10N2O4. The third-order valence-electron chi connectivity index (χ3n) is 2.94. The first-order valence-corrected chi connectivity index (χ1v) is 6.14. The molecule has 0 aliphatic carbocycles. The first-order valence-electron chi connectivity index (χ1n) is 6.14. The lowest BCUT2D eigenvalue weighted by Gasteiger charge is -2.09. The Labute approximate surface area is 119 Å². The van der Waals surface area contributed by atoms with E-state index in [4.69, 9.17) is 4.74 Å². The van der Waals surface area contributed by atoms with Gasteiger partial charge < -0.3 is 9.84 Å². The Balaban J connectivity index is 2.18. The molecular weight excluding hydrogens is 272 g/mol. The number of nitrogens with zero attached hydrogens (tertiary/aromatic N) is 2. The van der Waals surface area contributed by atoms with Crippen LogP contribution >= 0.6 is 0 Å². The molecule has 0 fully saturated rings. The number of nitro groups is 1. The number of ether oxygens (including phenoxy) is 1. The number of benzene rings is 2. The molecule has 104 valence electrons. The van der Waals surface area contributed by atoms with Gasteiger partial charge in [-0.1, -0.05) is 18.2 Å². The van der Waals surface area contributed by atoms with Crippen molar-refractivity contribution in [3.63, 3.8) is 0 Å². The monoisotopic (exact) mass is 282 g/mol. The van der Waals surface area contributed by atoms with Crippen molar-refractivity contribution in [2.24, 2.45) is 0 Å². The van der Waals surface area contributed by atoms with Crippen LogP contribution in [0, 0.1) is 10.1 Å². The van der Waals surface area contributed by atoms with Gasteiger partial charge in [-0.15, -0.1) is 0 Å². The summed E-state index contributed by atoms with van der Waals surface area (Å²) in [7, 11) is 0. The zero-order valence-corrected chi connectivity index (χ0v) is 10.8. The number of aromatic nitrogens is 1. The molecule has 0 unspecified atom stereocenters. The Bertz CT molecular complexity index is 833. The van der Waals surface area contributed by atoms with E-state index in [1.165, 1.54) is 18.3 Å². The van der Waals surface area contributed by atoms with Crippen LogP contribution in [-0.2, 0) is 0 Å². The molecule has 21 heavy (non-hydrogen) atoms. The predicted molar refractivity (Wildman–Crippen MR) is 76.6 cm³/mol. The van der Waals surface area contributed by atoms with Gasteiger partial charge in [0.05, 0.1) is 15.8 Å². The van der Waals surface area contributed by atoms with Gasteiger partial charge in [-0.3, -0.25) is 10.1 Å². The lowest BCUT2D eigenvalue weighted by Crippen LogP contribution is -1.96. The molecule has 0 bridgehead atoms. The highest BCUT2D eigenvalue weighted by molar-refractivity contribution is 5.88. The lowest BCUT2D eigenvalue weighted by atomic mass is 10.2. The molecule has 1 N–H and O–H groups in total. The number of phenolic OH excluding ortho intramolecular Hbond substituents is 1. The van der Waals surface area contributed by atoms with Gasteiger partial charge in [-0.05, 0) is 24.3 Å². The minimum atomic E-state index is -0.544. The van der Waals surface area contributed by atoms with Crippen molar-refractivity contribution in [2.75, 3.05) is 0 Å². The minimum absolute atomic E-state index is 0.0218. The summed E-state index contributed by atoms with van der Waals surface area (Å²) >= 11 is 0. The Hall–Kier alpha value is -3.15. The summed E-state index contributed by atoms with van der Waals surface area (Å²) in [6.45, 7) is 0. The fourth-order valence-corrected chi connectivity index (χ4v) is 2.01. The van der Waals surface area contributed by atoms with E-state index in [0.717, 1.165) is 0 Å². The molecule has 2 aromatic carbocycles. The van der Waals surface area contributed by atoms with Crippen LogP contribution in [0.15, 0.2) is 54.7 Å². The van der Waals surface area contributed by atoms with Gasteiger partial charge in [-0.25, -0.2) is 4.98 Å². The third kappa shape index (κ3) is 2.46. The summed E-state index contributed by atoms with van der Waals surface area (Å²) < 4.78 is 5.62. The molecule has 0 aliphatic heterocycles.